The first-order chi connectivity index (χ1) is 10.1. The lowest BCUT2D eigenvalue weighted by molar-refractivity contribution is -0.145. The zero-order valence-electron chi connectivity index (χ0n) is 13.4. The first-order valence-electron chi connectivity index (χ1n) is 8.32. The molecule has 2 aliphatic heterocycles. The van der Waals surface area contributed by atoms with Gasteiger partial charge in [0.25, 0.3) is 0 Å². The van der Waals surface area contributed by atoms with Gasteiger partial charge >= 0.3 is 0 Å². The minimum atomic E-state index is -0.129. The maximum Gasteiger partial charge on any atom is 0.228 e. The molecule has 0 radical (unpaired) electrons. The lowest BCUT2D eigenvalue weighted by Crippen LogP contribution is -2.51. The standard InChI is InChI=1S/C16H29N3O2/c1-3-16(6-8-17-9-7-16)15(21)19-10-4-14(5-11-19)12-18-13(2)20/h14,17H,3-12H2,1-2H3,(H,18,20). The summed E-state index contributed by atoms with van der Waals surface area (Å²) in [5, 5.41) is 6.25. The van der Waals surface area contributed by atoms with Crippen molar-refractivity contribution < 1.29 is 9.59 Å². The SMILES string of the molecule is CCC1(C(=O)N2CCC(CNC(C)=O)CC2)CCNCC1. The smallest absolute Gasteiger partial charge is 0.228 e. The van der Waals surface area contributed by atoms with E-state index in [1.54, 1.807) is 6.92 Å². The summed E-state index contributed by atoms with van der Waals surface area (Å²) in [6.07, 6.45) is 4.88. The molecule has 0 spiro atoms. The molecule has 0 aromatic rings. The van der Waals surface area contributed by atoms with Gasteiger partial charge in [-0.25, -0.2) is 0 Å². The van der Waals surface area contributed by atoms with Crippen LogP contribution in [0, 0.1) is 11.3 Å². The van der Waals surface area contributed by atoms with Crippen molar-refractivity contribution in [1.82, 2.24) is 15.5 Å². The Labute approximate surface area is 127 Å². The van der Waals surface area contributed by atoms with Crippen LogP contribution >= 0.6 is 0 Å². The highest BCUT2D eigenvalue weighted by Gasteiger charge is 2.41. The van der Waals surface area contributed by atoms with Crippen LogP contribution in [0.4, 0.5) is 0 Å². The van der Waals surface area contributed by atoms with Crippen LogP contribution in [0.5, 0.6) is 0 Å². The lowest BCUT2D eigenvalue weighted by Gasteiger charge is -2.42. The first-order valence-corrected chi connectivity index (χ1v) is 8.32. The van der Waals surface area contributed by atoms with Gasteiger partial charge in [0.1, 0.15) is 0 Å². The summed E-state index contributed by atoms with van der Waals surface area (Å²) >= 11 is 0. The second-order valence-corrected chi connectivity index (χ2v) is 6.56. The Hall–Kier alpha value is -1.10. The van der Waals surface area contributed by atoms with E-state index in [-0.39, 0.29) is 11.3 Å². The molecule has 0 aliphatic carbocycles. The van der Waals surface area contributed by atoms with E-state index in [0.29, 0.717) is 11.8 Å². The molecular formula is C16H29N3O2. The minimum Gasteiger partial charge on any atom is -0.356 e. The molecule has 0 unspecified atom stereocenters. The van der Waals surface area contributed by atoms with Crippen LogP contribution in [0.3, 0.4) is 0 Å². The zero-order valence-corrected chi connectivity index (χ0v) is 13.4. The van der Waals surface area contributed by atoms with Gasteiger partial charge in [-0.05, 0) is 51.1 Å². The largest absolute Gasteiger partial charge is 0.356 e. The van der Waals surface area contributed by atoms with E-state index >= 15 is 0 Å². The number of amides is 2. The van der Waals surface area contributed by atoms with Gasteiger partial charge < -0.3 is 15.5 Å². The molecule has 2 amide bonds. The molecular weight excluding hydrogens is 266 g/mol. The van der Waals surface area contributed by atoms with E-state index in [1.165, 1.54) is 0 Å². The molecule has 0 aromatic heterocycles. The highest BCUT2D eigenvalue weighted by atomic mass is 16.2. The molecule has 2 saturated heterocycles. The summed E-state index contributed by atoms with van der Waals surface area (Å²) in [6.45, 7) is 8.06. The van der Waals surface area contributed by atoms with Crippen LogP contribution in [0.1, 0.15) is 46.0 Å². The van der Waals surface area contributed by atoms with Crippen molar-refractivity contribution in [3.05, 3.63) is 0 Å². The van der Waals surface area contributed by atoms with E-state index in [0.717, 1.165) is 64.8 Å². The summed E-state index contributed by atoms with van der Waals surface area (Å²) in [5.74, 6) is 0.918. The second kappa shape index (κ2) is 7.25. The van der Waals surface area contributed by atoms with Gasteiger partial charge in [0, 0.05) is 26.6 Å². The second-order valence-electron chi connectivity index (χ2n) is 6.56. The van der Waals surface area contributed by atoms with Gasteiger partial charge in [-0.15, -0.1) is 0 Å². The van der Waals surface area contributed by atoms with Crippen molar-refractivity contribution >= 4 is 11.8 Å². The first kappa shape index (κ1) is 16.3. The number of piperidine rings is 2. The molecule has 2 aliphatic rings. The molecule has 5 heteroatoms. The number of hydrogen-bond acceptors (Lipinski definition) is 3. The molecule has 21 heavy (non-hydrogen) atoms. The monoisotopic (exact) mass is 295 g/mol. The van der Waals surface area contributed by atoms with E-state index < -0.39 is 0 Å². The Bertz CT molecular complexity index is 370. The van der Waals surface area contributed by atoms with Crippen LogP contribution in [0.15, 0.2) is 0 Å². The van der Waals surface area contributed by atoms with Crippen molar-refractivity contribution in [2.75, 3.05) is 32.7 Å². The average Bonchev–Trinajstić information content (AvgIpc) is 2.53. The van der Waals surface area contributed by atoms with Crippen molar-refractivity contribution in [3.8, 4) is 0 Å². The number of carbonyl (C=O) groups excluding carboxylic acids is 2. The summed E-state index contributed by atoms with van der Waals surface area (Å²) in [4.78, 5) is 25.9. The third-order valence-corrected chi connectivity index (χ3v) is 5.23. The number of nitrogens with zero attached hydrogens (tertiary/aromatic N) is 1. The Morgan fingerprint density at radius 2 is 1.86 bits per heavy atom. The average molecular weight is 295 g/mol. The third kappa shape index (κ3) is 3.96. The Kier molecular flexibility index (Phi) is 5.62. The van der Waals surface area contributed by atoms with Crippen molar-refractivity contribution in [1.29, 1.82) is 0 Å². The Balaban J connectivity index is 1.86. The molecule has 0 atom stereocenters. The molecule has 0 bridgehead atoms. The molecule has 2 heterocycles. The van der Waals surface area contributed by atoms with Crippen LogP contribution in [0.25, 0.3) is 0 Å². The highest BCUT2D eigenvalue weighted by Crippen LogP contribution is 2.35. The predicted octanol–water partition coefficient (Wildman–Crippen LogP) is 1.14. The molecule has 2 fully saturated rings. The molecule has 2 N–H and O–H groups in total. The topological polar surface area (TPSA) is 61.4 Å². The quantitative estimate of drug-likeness (QED) is 0.817. The fraction of sp³-hybridized carbons (Fsp3) is 0.875. The minimum absolute atomic E-state index is 0.0353. The van der Waals surface area contributed by atoms with Crippen LogP contribution in [0.2, 0.25) is 0 Å². The maximum absolute atomic E-state index is 12.9. The number of likely N-dealkylation sites (tertiary alicyclic amines) is 1. The number of rotatable bonds is 4. The van der Waals surface area contributed by atoms with Crippen molar-refractivity contribution in [2.24, 2.45) is 11.3 Å². The van der Waals surface area contributed by atoms with E-state index in [9.17, 15) is 9.59 Å². The Morgan fingerprint density at radius 3 is 2.38 bits per heavy atom. The Morgan fingerprint density at radius 1 is 1.24 bits per heavy atom. The summed E-state index contributed by atoms with van der Waals surface area (Å²) in [5.41, 5.74) is -0.129. The van der Waals surface area contributed by atoms with Crippen LogP contribution in [-0.2, 0) is 9.59 Å². The molecule has 2 rings (SSSR count). The highest BCUT2D eigenvalue weighted by molar-refractivity contribution is 5.83. The van der Waals surface area contributed by atoms with Gasteiger partial charge in [0.15, 0.2) is 0 Å². The van der Waals surface area contributed by atoms with Crippen molar-refractivity contribution in [2.45, 2.75) is 46.0 Å². The summed E-state index contributed by atoms with van der Waals surface area (Å²) in [7, 11) is 0. The van der Waals surface area contributed by atoms with Gasteiger partial charge in [-0.3, -0.25) is 9.59 Å². The van der Waals surface area contributed by atoms with E-state index in [4.69, 9.17) is 0 Å². The fourth-order valence-electron chi connectivity index (χ4n) is 3.59. The molecule has 0 saturated carbocycles. The number of carbonyl (C=O) groups is 2. The zero-order chi connectivity index (χ0) is 15.3. The lowest BCUT2D eigenvalue weighted by atomic mass is 9.75. The van der Waals surface area contributed by atoms with Gasteiger partial charge in [0.2, 0.25) is 11.8 Å². The third-order valence-electron chi connectivity index (χ3n) is 5.23. The summed E-state index contributed by atoms with van der Waals surface area (Å²) < 4.78 is 0. The number of hydrogen-bond donors (Lipinski definition) is 2. The molecule has 0 aromatic carbocycles. The van der Waals surface area contributed by atoms with E-state index in [1.807, 2.05) is 0 Å². The molecule has 120 valence electrons. The maximum atomic E-state index is 12.9. The predicted molar refractivity (Wildman–Crippen MR) is 82.8 cm³/mol. The van der Waals surface area contributed by atoms with Gasteiger partial charge in [-0.2, -0.15) is 0 Å². The normalized spacial score (nSPS) is 22.9. The van der Waals surface area contributed by atoms with E-state index in [2.05, 4.69) is 22.5 Å². The molecule has 5 nitrogen and oxygen atoms in total. The van der Waals surface area contributed by atoms with Crippen molar-refractivity contribution in [3.63, 3.8) is 0 Å². The van der Waals surface area contributed by atoms with Gasteiger partial charge in [-0.1, -0.05) is 6.92 Å². The van der Waals surface area contributed by atoms with Crippen LogP contribution in [-0.4, -0.2) is 49.4 Å². The fourth-order valence-corrected chi connectivity index (χ4v) is 3.59. The summed E-state index contributed by atoms with van der Waals surface area (Å²) in [6, 6.07) is 0. The van der Waals surface area contributed by atoms with Crippen LogP contribution < -0.4 is 10.6 Å². The van der Waals surface area contributed by atoms with Gasteiger partial charge in [0.05, 0.1) is 5.41 Å². The number of nitrogens with one attached hydrogen (secondary N) is 2.